The van der Waals surface area contributed by atoms with Crippen LogP contribution in [0.4, 0.5) is 0 Å². The van der Waals surface area contributed by atoms with E-state index in [-0.39, 0.29) is 5.56 Å². The van der Waals surface area contributed by atoms with Gasteiger partial charge in [0, 0.05) is 5.56 Å². The summed E-state index contributed by atoms with van der Waals surface area (Å²) in [5, 5.41) is 29.6. The lowest BCUT2D eigenvalue weighted by molar-refractivity contribution is -0.164. The molecule has 1 atom stereocenters. The molecular formula is C13H12O4. The Hall–Kier alpha value is -1.91. The normalized spacial score (nSPS) is 14.5. The summed E-state index contributed by atoms with van der Waals surface area (Å²) in [6.07, 6.45) is 0. The predicted octanol–water partition coefficient (Wildman–Crippen LogP) is 1.10. The van der Waals surface area contributed by atoms with Crippen LogP contribution in [-0.2, 0) is 10.4 Å². The molecule has 0 saturated carbocycles. The van der Waals surface area contributed by atoms with E-state index in [9.17, 15) is 9.90 Å². The van der Waals surface area contributed by atoms with Crippen molar-refractivity contribution < 1.29 is 20.1 Å². The zero-order chi connectivity index (χ0) is 12.5. The quantitative estimate of drug-likeness (QED) is 0.740. The lowest BCUT2D eigenvalue weighted by Crippen LogP contribution is -2.39. The minimum atomic E-state index is -2.26. The number of hydrogen-bond acceptors (Lipinski definition) is 3. The molecule has 3 N–H and O–H groups in total. The predicted molar refractivity (Wildman–Crippen MR) is 62.6 cm³/mol. The number of carboxylic acid groups (broad SMARTS) is 1. The molecule has 0 heterocycles. The van der Waals surface area contributed by atoms with Crippen LogP contribution < -0.4 is 0 Å². The monoisotopic (exact) mass is 232 g/mol. The highest BCUT2D eigenvalue weighted by Gasteiger charge is 2.38. The molecule has 0 aliphatic carbocycles. The number of carbonyl (C=O) groups is 1. The van der Waals surface area contributed by atoms with Crippen LogP contribution in [0.2, 0.25) is 0 Å². The van der Waals surface area contributed by atoms with E-state index in [1.54, 1.807) is 18.2 Å². The van der Waals surface area contributed by atoms with Gasteiger partial charge in [-0.25, -0.2) is 4.79 Å². The number of aliphatic carboxylic acids is 1. The van der Waals surface area contributed by atoms with E-state index in [4.69, 9.17) is 10.2 Å². The van der Waals surface area contributed by atoms with Crippen LogP contribution in [0, 0.1) is 0 Å². The first-order valence-electron chi connectivity index (χ1n) is 5.14. The van der Waals surface area contributed by atoms with Crippen LogP contribution in [0.15, 0.2) is 42.5 Å². The molecule has 0 amide bonds. The molecule has 4 nitrogen and oxygen atoms in total. The summed E-state index contributed by atoms with van der Waals surface area (Å²) in [7, 11) is 0. The largest absolute Gasteiger partial charge is 0.479 e. The molecule has 88 valence electrons. The molecule has 1 unspecified atom stereocenters. The summed E-state index contributed by atoms with van der Waals surface area (Å²) in [4.78, 5) is 11.1. The molecule has 0 bridgehead atoms. The van der Waals surface area contributed by atoms with Crippen molar-refractivity contribution in [2.75, 3.05) is 6.61 Å². The van der Waals surface area contributed by atoms with E-state index in [0.29, 0.717) is 5.39 Å². The first-order valence-corrected chi connectivity index (χ1v) is 5.14. The van der Waals surface area contributed by atoms with E-state index < -0.39 is 18.2 Å². The highest BCUT2D eigenvalue weighted by atomic mass is 16.4. The maximum Gasteiger partial charge on any atom is 0.342 e. The fourth-order valence-electron chi connectivity index (χ4n) is 1.85. The molecule has 0 radical (unpaired) electrons. The van der Waals surface area contributed by atoms with Crippen molar-refractivity contribution in [3.63, 3.8) is 0 Å². The number of aliphatic hydroxyl groups is 2. The number of aliphatic hydroxyl groups excluding tert-OH is 1. The number of hydrogen-bond donors (Lipinski definition) is 3. The molecule has 2 aromatic rings. The second kappa shape index (κ2) is 4.16. The van der Waals surface area contributed by atoms with Gasteiger partial charge in [0.1, 0.15) is 0 Å². The average molecular weight is 232 g/mol. The molecule has 0 aliphatic rings. The Balaban J connectivity index is 2.74. The smallest absolute Gasteiger partial charge is 0.342 e. The maximum atomic E-state index is 11.1. The van der Waals surface area contributed by atoms with Gasteiger partial charge in [-0.15, -0.1) is 0 Å². The SMILES string of the molecule is O=C(O)C(O)(CO)c1cccc2ccccc12. The lowest BCUT2D eigenvalue weighted by atomic mass is 9.90. The Morgan fingerprint density at radius 3 is 2.41 bits per heavy atom. The van der Waals surface area contributed by atoms with Crippen LogP contribution in [0.1, 0.15) is 5.56 Å². The van der Waals surface area contributed by atoms with Crippen molar-refractivity contribution in [2.45, 2.75) is 5.60 Å². The molecule has 17 heavy (non-hydrogen) atoms. The van der Waals surface area contributed by atoms with Gasteiger partial charge in [-0.2, -0.15) is 0 Å². The molecule has 0 aliphatic heterocycles. The molecule has 0 spiro atoms. The number of carboxylic acids is 1. The van der Waals surface area contributed by atoms with Crippen LogP contribution >= 0.6 is 0 Å². The van der Waals surface area contributed by atoms with Gasteiger partial charge in [0.2, 0.25) is 5.60 Å². The van der Waals surface area contributed by atoms with Gasteiger partial charge in [0.25, 0.3) is 0 Å². The molecule has 0 saturated heterocycles. The fraction of sp³-hybridized carbons (Fsp3) is 0.154. The third-order valence-corrected chi connectivity index (χ3v) is 2.82. The summed E-state index contributed by atoms with van der Waals surface area (Å²) in [6, 6.07) is 12.1. The van der Waals surface area contributed by atoms with E-state index in [1.807, 2.05) is 18.2 Å². The van der Waals surface area contributed by atoms with Crippen molar-refractivity contribution in [3.05, 3.63) is 48.0 Å². The van der Waals surface area contributed by atoms with Crippen molar-refractivity contribution in [2.24, 2.45) is 0 Å². The Kier molecular flexibility index (Phi) is 2.83. The molecule has 0 fully saturated rings. The van der Waals surface area contributed by atoms with E-state index in [0.717, 1.165) is 5.39 Å². The summed E-state index contributed by atoms with van der Waals surface area (Å²) in [5.41, 5.74) is -2.06. The highest BCUT2D eigenvalue weighted by Crippen LogP contribution is 2.28. The zero-order valence-electron chi connectivity index (χ0n) is 9.00. The van der Waals surface area contributed by atoms with Crippen LogP contribution in [0.5, 0.6) is 0 Å². The minimum Gasteiger partial charge on any atom is -0.479 e. The molecule has 2 rings (SSSR count). The Labute approximate surface area is 97.8 Å². The van der Waals surface area contributed by atoms with Gasteiger partial charge in [-0.1, -0.05) is 42.5 Å². The van der Waals surface area contributed by atoms with Gasteiger partial charge in [-0.3, -0.25) is 0 Å². The van der Waals surface area contributed by atoms with Crippen molar-refractivity contribution in [1.29, 1.82) is 0 Å². The zero-order valence-corrected chi connectivity index (χ0v) is 9.00. The average Bonchev–Trinajstić information content (AvgIpc) is 2.37. The molecule has 2 aromatic carbocycles. The first kappa shape index (κ1) is 11.6. The Bertz CT molecular complexity index is 559. The van der Waals surface area contributed by atoms with Gasteiger partial charge in [-0.05, 0) is 10.8 Å². The second-order valence-electron chi connectivity index (χ2n) is 3.85. The summed E-state index contributed by atoms with van der Waals surface area (Å²) >= 11 is 0. The molecular weight excluding hydrogens is 220 g/mol. The summed E-state index contributed by atoms with van der Waals surface area (Å²) in [6.45, 7) is -0.865. The van der Waals surface area contributed by atoms with Crippen molar-refractivity contribution in [1.82, 2.24) is 0 Å². The van der Waals surface area contributed by atoms with Crippen molar-refractivity contribution in [3.8, 4) is 0 Å². The van der Waals surface area contributed by atoms with E-state index in [1.165, 1.54) is 6.07 Å². The number of fused-ring (bicyclic) bond motifs is 1. The fourth-order valence-corrected chi connectivity index (χ4v) is 1.85. The Morgan fingerprint density at radius 1 is 1.12 bits per heavy atom. The number of rotatable bonds is 3. The van der Waals surface area contributed by atoms with Crippen LogP contribution in [-0.4, -0.2) is 27.9 Å². The Morgan fingerprint density at radius 2 is 1.76 bits per heavy atom. The van der Waals surface area contributed by atoms with E-state index >= 15 is 0 Å². The van der Waals surface area contributed by atoms with E-state index in [2.05, 4.69) is 0 Å². The van der Waals surface area contributed by atoms with Gasteiger partial charge in [0.15, 0.2) is 0 Å². The van der Waals surface area contributed by atoms with Gasteiger partial charge < -0.3 is 15.3 Å². The third kappa shape index (κ3) is 1.77. The van der Waals surface area contributed by atoms with Crippen LogP contribution in [0.25, 0.3) is 10.8 Å². The van der Waals surface area contributed by atoms with Gasteiger partial charge in [0.05, 0.1) is 6.61 Å². The minimum absolute atomic E-state index is 0.200. The van der Waals surface area contributed by atoms with Crippen molar-refractivity contribution >= 4 is 16.7 Å². The lowest BCUT2D eigenvalue weighted by Gasteiger charge is -2.22. The van der Waals surface area contributed by atoms with Gasteiger partial charge >= 0.3 is 5.97 Å². The summed E-state index contributed by atoms with van der Waals surface area (Å²) in [5.74, 6) is -1.46. The molecule has 4 heteroatoms. The summed E-state index contributed by atoms with van der Waals surface area (Å²) < 4.78 is 0. The maximum absolute atomic E-state index is 11.1. The second-order valence-corrected chi connectivity index (χ2v) is 3.85. The molecule has 0 aromatic heterocycles. The third-order valence-electron chi connectivity index (χ3n) is 2.82. The highest BCUT2D eigenvalue weighted by molar-refractivity contribution is 5.92. The van der Waals surface area contributed by atoms with Crippen LogP contribution in [0.3, 0.4) is 0 Å². The topological polar surface area (TPSA) is 77.8 Å². The standard InChI is InChI=1S/C13H12O4/c14-8-13(17,12(15)16)11-7-3-5-9-4-1-2-6-10(9)11/h1-7,14,17H,8H2,(H,15,16). The first-order chi connectivity index (χ1) is 8.09. The number of benzene rings is 2.